The Balaban J connectivity index is 1.86. The van der Waals surface area contributed by atoms with E-state index in [4.69, 9.17) is 15.2 Å². The highest BCUT2D eigenvalue weighted by atomic mass is 16.5. The van der Waals surface area contributed by atoms with Gasteiger partial charge in [0, 0.05) is 37.8 Å². The largest absolute Gasteiger partial charge is 0.493 e. The first-order valence-corrected chi connectivity index (χ1v) is 7.23. The highest BCUT2D eigenvalue weighted by molar-refractivity contribution is 5.73. The van der Waals surface area contributed by atoms with Crippen LogP contribution < -0.4 is 20.1 Å². The molecular weight excluding hydrogens is 254 g/mol. The average Bonchev–Trinajstić information content (AvgIpc) is 2.94. The maximum atomic E-state index is 6.20. The summed E-state index contributed by atoms with van der Waals surface area (Å²) in [5, 5.41) is 0. The Bertz CT molecular complexity index is 492. The molecule has 1 aromatic carbocycles. The van der Waals surface area contributed by atoms with Gasteiger partial charge < -0.3 is 20.1 Å². The summed E-state index contributed by atoms with van der Waals surface area (Å²) in [4.78, 5) is 4.97. The van der Waals surface area contributed by atoms with Crippen LogP contribution in [0.2, 0.25) is 0 Å². The summed E-state index contributed by atoms with van der Waals surface area (Å²) in [6.45, 7) is 4.45. The van der Waals surface area contributed by atoms with Crippen molar-refractivity contribution in [2.75, 3.05) is 51.0 Å². The van der Waals surface area contributed by atoms with E-state index in [0.717, 1.165) is 36.8 Å². The fourth-order valence-electron chi connectivity index (χ4n) is 3.37. The number of hydrogen-bond acceptors (Lipinski definition) is 5. The summed E-state index contributed by atoms with van der Waals surface area (Å²) in [5.74, 6) is 1.43. The molecule has 0 spiro atoms. The maximum Gasteiger partial charge on any atom is 0.162 e. The summed E-state index contributed by atoms with van der Waals surface area (Å²) in [5.41, 5.74) is 8.02. The molecule has 2 aliphatic heterocycles. The Hall–Kier alpha value is -1.62. The van der Waals surface area contributed by atoms with Gasteiger partial charge in [-0.15, -0.1) is 0 Å². The Morgan fingerprint density at radius 3 is 2.60 bits per heavy atom. The van der Waals surface area contributed by atoms with Crippen LogP contribution in [0.15, 0.2) is 12.1 Å². The first kappa shape index (κ1) is 13.4. The van der Waals surface area contributed by atoms with Crippen molar-refractivity contribution >= 4 is 11.4 Å². The van der Waals surface area contributed by atoms with Crippen LogP contribution >= 0.6 is 0 Å². The Morgan fingerprint density at radius 1 is 1.10 bits per heavy atom. The number of nitrogen functional groups attached to an aromatic ring is 1. The van der Waals surface area contributed by atoms with Crippen LogP contribution in [0.3, 0.4) is 0 Å². The van der Waals surface area contributed by atoms with Crippen LogP contribution in [0.25, 0.3) is 0 Å². The SMILES string of the molecule is COc1cc(N)c(N2CCN3CCCC3C2)cc1OC. The lowest BCUT2D eigenvalue weighted by Crippen LogP contribution is -2.50. The smallest absolute Gasteiger partial charge is 0.162 e. The molecule has 2 fully saturated rings. The van der Waals surface area contributed by atoms with Crippen molar-refractivity contribution in [3.63, 3.8) is 0 Å². The normalized spacial score (nSPS) is 22.7. The minimum absolute atomic E-state index is 0.677. The molecule has 0 bridgehead atoms. The Kier molecular flexibility index (Phi) is 3.61. The van der Waals surface area contributed by atoms with Gasteiger partial charge in [-0.05, 0) is 19.4 Å². The molecule has 3 rings (SSSR count). The number of nitrogens with two attached hydrogens (primary N) is 1. The summed E-state index contributed by atoms with van der Waals surface area (Å²) >= 11 is 0. The summed E-state index contributed by atoms with van der Waals surface area (Å²) in [7, 11) is 3.29. The van der Waals surface area contributed by atoms with Crippen molar-refractivity contribution in [3.05, 3.63) is 12.1 Å². The minimum atomic E-state index is 0.677. The Labute approximate surface area is 120 Å². The summed E-state index contributed by atoms with van der Waals surface area (Å²) < 4.78 is 10.7. The van der Waals surface area contributed by atoms with Crippen molar-refractivity contribution in [2.45, 2.75) is 18.9 Å². The highest BCUT2D eigenvalue weighted by Crippen LogP contribution is 2.38. The monoisotopic (exact) mass is 277 g/mol. The summed E-state index contributed by atoms with van der Waals surface area (Å²) in [6.07, 6.45) is 2.61. The van der Waals surface area contributed by atoms with Gasteiger partial charge in [0.05, 0.1) is 25.6 Å². The second-order valence-corrected chi connectivity index (χ2v) is 5.54. The molecule has 5 heteroatoms. The number of methoxy groups -OCH3 is 2. The van der Waals surface area contributed by atoms with Crippen LogP contribution in [-0.4, -0.2) is 51.3 Å². The van der Waals surface area contributed by atoms with Crippen LogP contribution in [0.5, 0.6) is 11.5 Å². The van der Waals surface area contributed by atoms with Crippen LogP contribution in [0, 0.1) is 0 Å². The second-order valence-electron chi connectivity index (χ2n) is 5.54. The molecule has 0 aliphatic carbocycles. The van der Waals surface area contributed by atoms with Crippen LogP contribution in [0.1, 0.15) is 12.8 Å². The molecule has 110 valence electrons. The molecule has 0 radical (unpaired) electrons. The number of hydrogen-bond donors (Lipinski definition) is 1. The van der Waals surface area contributed by atoms with Gasteiger partial charge in [-0.1, -0.05) is 0 Å². The number of fused-ring (bicyclic) bond motifs is 1. The molecule has 20 heavy (non-hydrogen) atoms. The number of anilines is 2. The van der Waals surface area contributed by atoms with E-state index in [9.17, 15) is 0 Å². The van der Waals surface area contributed by atoms with Crippen molar-refractivity contribution < 1.29 is 9.47 Å². The molecule has 0 aromatic heterocycles. The molecule has 2 heterocycles. The lowest BCUT2D eigenvalue weighted by Gasteiger charge is -2.39. The van der Waals surface area contributed by atoms with Gasteiger partial charge in [0.2, 0.25) is 0 Å². The quantitative estimate of drug-likeness (QED) is 0.850. The van der Waals surface area contributed by atoms with E-state index in [1.165, 1.54) is 19.4 Å². The Morgan fingerprint density at radius 2 is 1.85 bits per heavy atom. The first-order valence-electron chi connectivity index (χ1n) is 7.23. The number of piperazine rings is 1. The lowest BCUT2D eigenvalue weighted by atomic mass is 10.1. The third-order valence-electron chi connectivity index (χ3n) is 4.46. The van der Waals surface area contributed by atoms with E-state index in [1.807, 2.05) is 12.1 Å². The third-order valence-corrected chi connectivity index (χ3v) is 4.46. The topological polar surface area (TPSA) is 51.0 Å². The molecule has 0 saturated carbocycles. The lowest BCUT2D eigenvalue weighted by molar-refractivity contribution is 0.231. The molecule has 5 nitrogen and oxygen atoms in total. The van der Waals surface area contributed by atoms with E-state index in [0.29, 0.717) is 11.8 Å². The van der Waals surface area contributed by atoms with Crippen LogP contribution in [-0.2, 0) is 0 Å². The molecule has 0 amide bonds. The molecule has 2 N–H and O–H groups in total. The van der Waals surface area contributed by atoms with Crippen LogP contribution in [0.4, 0.5) is 11.4 Å². The van der Waals surface area contributed by atoms with E-state index >= 15 is 0 Å². The zero-order valence-electron chi connectivity index (χ0n) is 12.3. The maximum absolute atomic E-state index is 6.20. The predicted molar refractivity (Wildman–Crippen MR) is 80.8 cm³/mol. The fraction of sp³-hybridized carbons (Fsp3) is 0.600. The fourth-order valence-corrected chi connectivity index (χ4v) is 3.37. The first-order chi connectivity index (χ1) is 9.72. The second kappa shape index (κ2) is 5.40. The molecular formula is C15H23N3O2. The van der Waals surface area contributed by atoms with Gasteiger partial charge in [0.1, 0.15) is 0 Å². The van der Waals surface area contributed by atoms with E-state index < -0.39 is 0 Å². The van der Waals surface area contributed by atoms with Crippen molar-refractivity contribution in [2.24, 2.45) is 0 Å². The van der Waals surface area contributed by atoms with Crippen molar-refractivity contribution in [3.8, 4) is 11.5 Å². The van der Waals surface area contributed by atoms with Gasteiger partial charge in [-0.3, -0.25) is 4.90 Å². The number of rotatable bonds is 3. The standard InChI is InChI=1S/C15H23N3O2/c1-19-14-8-12(16)13(9-15(14)20-2)18-7-6-17-5-3-4-11(17)10-18/h8-9,11H,3-7,10,16H2,1-2H3. The third kappa shape index (κ3) is 2.26. The summed E-state index contributed by atoms with van der Waals surface area (Å²) in [6, 6.07) is 4.53. The van der Waals surface area contributed by atoms with Crippen molar-refractivity contribution in [1.29, 1.82) is 0 Å². The van der Waals surface area contributed by atoms with Gasteiger partial charge in [-0.25, -0.2) is 0 Å². The zero-order chi connectivity index (χ0) is 14.1. The average molecular weight is 277 g/mol. The van der Waals surface area contributed by atoms with Crippen molar-refractivity contribution in [1.82, 2.24) is 4.90 Å². The molecule has 1 aromatic rings. The van der Waals surface area contributed by atoms with Gasteiger partial charge in [-0.2, -0.15) is 0 Å². The molecule has 1 unspecified atom stereocenters. The number of benzene rings is 1. The molecule has 2 saturated heterocycles. The van der Waals surface area contributed by atoms with Gasteiger partial charge in [0.25, 0.3) is 0 Å². The number of ether oxygens (including phenoxy) is 2. The number of nitrogens with zero attached hydrogens (tertiary/aromatic N) is 2. The molecule has 1 atom stereocenters. The van der Waals surface area contributed by atoms with Gasteiger partial charge in [0.15, 0.2) is 11.5 Å². The van der Waals surface area contributed by atoms with E-state index in [1.54, 1.807) is 14.2 Å². The van der Waals surface area contributed by atoms with Gasteiger partial charge >= 0.3 is 0 Å². The zero-order valence-corrected chi connectivity index (χ0v) is 12.3. The highest BCUT2D eigenvalue weighted by Gasteiger charge is 2.31. The van der Waals surface area contributed by atoms with E-state index in [-0.39, 0.29) is 0 Å². The molecule has 2 aliphatic rings. The predicted octanol–water partition coefficient (Wildman–Crippen LogP) is 1.57. The van der Waals surface area contributed by atoms with E-state index in [2.05, 4.69) is 9.80 Å². The minimum Gasteiger partial charge on any atom is -0.493 e.